The number of carbonyl (C=O) groups is 3. The van der Waals surface area contributed by atoms with Crippen LogP contribution in [0.25, 0.3) is 0 Å². The number of amides is 4. The van der Waals surface area contributed by atoms with Gasteiger partial charge in [0.15, 0.2) is 0 Å². The van der Waals surface area contributed by atoms with Gasteiger partial charge in [-0.1, -0.05) is 6.58 Å². The van der Waals surface area contributed by atoms with Crippen molar-refractivity contribution in [3.63, 3.8) is 0 Å². The largest absolute Gasteiger partial charge is 0.444 e. The van der Waals surface area contributed by atoms with Crippen molar-refractivity contribution in [3.8, 4) is 0 Å². The Kier molecular flexibility index (Phi) is 5.21. The number of fused-ring (bicyclic) bond motifs is 2. The van der Waals surface area contributed by atoms with Gasteiger partial charge in [-0.25, -0.2) is 9.59 Å². The number of carbonyl (C=O) groups excluding carboxylic acids is 3. The zero-order valence-corrected chi connectivity index (χ0v) is 19.1. The van der Waals surface area contributed by atoms with E-state index in [1.807, 2.05) is 20.8 Å². The van der Waals surface area contributed by atoms with Gasteiger partial charge >= 0.3 is 22.5 Å². The smallest absolute Gasteiger partial charge is 0.418 e. The third-order valence-corrected chi connectivity index (χ3v) is 6.63. The minimum atomic E-state index is -4.88. The zero-order chi connectivity index (χ0) is 23.6. The lowest BCUT2D eigenvalue weighted by atomic mass is 9.60. The van der Waals surface area contributed by atoms with Crippen LogP contribution in [0.15, 0.2) is 12.3 Å². The van der Waals surface area contributed by atoms with Crippen LogP contribution >= 0.6 is 0 Å². The van der Waals surface area contributed by atoms with E-state index in [0.29, 0.717) is 24.6 Å². The first-order chi connectivity index (χ1) is 14.7. The molecule has 178 valence electrons. The molecule has 0 aromatic carbocycles. The Hall–Kier alpha value is -2.38. The van der Waals surface area contributed by atoms with Crippen LogP contribution in [0.1, 0.15) is 46.5 Å². The number of ether oxygens (including phenoxy) is 1. The molecule has 1 spiro atoms. The summed E-state index contributed by atoms with van der Waals surface area (Å²) in [5.41, 5.74) is -0.310. The molecule has 2 N–H and O–H groups in total. The van der Waals surface area contributed by atoms with Gasteiger partial charge in [0.25, 0.3) is 0 Å². The van der Waals surface area contributed by atoms with Gasteiger partial charge in [-0.15, -0.1) is 4.28 Å². The Bertz CT molecular complexity index is 960. The van der Waals surface area contributed by atoms with Crippen LogP contribution in [0.3, 0.4) is 0 Å². The molecule has 3 saturated heterocycles. The van der Waals surface area contributed by atoms with Crippen LogP contribution in [0.2, 0.25) is 0 Å². The molecule has 12 nitrogen and oxygen atoms in total. The van der Waals surface area contributed by atoms with E-state index >= 15 is 0 Å². The molecule has 0 aromatic rings. The van der Waals surface area contributed by atoms with E-state index in [4.69, 9.17) is 9.29 Å². The molecule has 0 radical (unpaired) electrons. The minimum Gasteiger partial charge on any atom is -0.444 e. The van der Waals surface area contributed by atoms with E-state index in [1.165, 1.54) is 0 Å². The fraction of sp³-hybridized carbons (Fsp3) is 0.737. The summed E-state index contributed by atoms with van der Waals surface area (Å²) in [7, 11) is -4.88. The Morgan fingerprint density at radius 2 is 1.84 bits per heavy atom. The third kappa shape index (κ3) is 4.16. The van der Waals surface area contributed by atoms with Crippen molar-refractivity contribution in [1.29, 1.82) is 0 Å². The van der Waals surface area contributed by atoms with Gasteiger partial charge in [0.2, 0.25) is 5.91 Å². The number of urea groups is 1. The second kappa shape index (κ2) is 7.32. The monoisotopic (exact) mass is 472 g/mol. The number of nitrogens with one attached hydrogen (secondary N) is 1. The van der Waals surface area contributed by atoms with Gasteiger partial charge in [0.05, 0.1) is 0 Å². The van der Waals surface area contributed by atoms with Gasteiger partial charge in [-0.05, 0) is 46.5 Å². The van der Waals surface area contributed by atoms with Crippen LogP contribution in [-0.2, 0) is 24.2 Å². The first kappa shape index (κ1) is 22.8. The number of hydroxylamine groups is 2. The van der Waals surface area contributed by atoms with Crippen LogP contribution in [0.4, 0.5) is 9.59 Å². The van der Waals surface area contributed by atoms with Crippen LogP contribution < -0.4 is 5.32 Å². The first-order valence-corrected chi connectivity index (χ1v) is 11.8. The van der Waals surface area contributed by atoms with E-state index in [2.05, 4.69) is 16.2 Å². The van der Waals surface area contributed by atoms with Gasteiger partial charge < -0.3 is 15.0 Å². The SMILES string of the molecule is C=C1[C@H]2CC[C@@H](C(=O)NC3CC4(C3)CN(C(=O)OC(C)(C)C)C4)N1C(=O)N2OS(=O)(=O)O. The van der Waals surface area contributed by atoms with Gasteiger partial charge in [0.1, 0.15) is 17.7 Å². The van der Waals surface area contributed by atoms with Gasteiger partial charge in [-0.2, -0.15) is 13.5 Å². The van der Waals surface area contributed by atoms with Crippen molar-refractivity contribution >= 4 is 28.4 Å². The highest BCUT2D eigenvalue weighted by molar-refractivity contribution is 7.80. The maximum Gasteiger partial charge on any atom is 0.418 e. The molecule has 13 heteroatoms. The molecule has 3 heterocycles. The minimum absolute atomic E-state index is 0.0142. The summed E-state index contributed by atoms with van der Waals surface area (Å²) in [6, 6.07) is -2.52. The second-order valence-corrected chi connectivity index (χ2v) is 11.0. The quantitative estimate of drug-likeness (QED) is 0.577. The standard InChI is InChI=1S/C19H28N4O8S/c1-11-13-5-6-14(22(11)16(25)23(13)31-32(27,28)29)15(24)20-12-7-19(8-12)9-21(10-19)17(26)30-18(2,3)4/h12-14H,1,5-10H2,2-4H3,(H,20,24)(H,27,28,29)/t13-,14+/m1/s1. The molecule has 32 heavy (non-hydrogen) atoms. The Balaban J connectivity index is 1.29. The number of piperidine rings is 1. The molecule has 4 amide bonds. The third-order valence-electron chi connectivity index (χ3n) is 6.28. The highest BCUT2D eigenvalue weighted by Crippen LogP contribution is 2.49. The van der Waals surface area contributed by atoms with Gasteiger partial charge in [0, 0.05) is 30.2 Å². The second-order valence-electron chi connectivity index (χ2n) is 10.0. The van der Waals surface area contributed by atoms with Crippen molar-refractivity contribution in [2.75, 3.05) is 13.1 Å². The van der Waals surface area contributed by atoms with Crippen molar-refractivity contribution in [1.82, 2.24) is 20.2 Å². The van der Waals surface area contributed by atoms with E-state index in [-0.39, 0.29) is 35.6 Å². The average Bonchev–Trinajstić information content (AvgIpc) is 2.70. The zero-order valence-electron chi connectivity index (χ0n) is 18.2. The number of hydrogen-bond acceptors (Lipinski definition) is 7. The molecule has 3 aliphatic heterocycles. The summed E-state index contributed by atoms with van der Waals surface area (Å²) < 4.78 is 40.8. The number of likely N-dealkylation sites (tertiary alicyclic amines) is 1. The molecule has 4 fully saturated rings. The molecule has 1 saturated carbocycles. The van der Waals surface area contributed by atoms with E-state index in [0.717, 1.165) is 17.7 Å². The van der Waals surface area contributed by atoms with Crippen molar-refractivity contribution in [2.24, 2.45) is 5.41 Å². The predicted molar refractivity (Wildman–Crippen MR) is 109 cm³/mol. The summed E-state index contributed by atoms with van der Waals surface area (Å²) in [5, 5.41) is 3.49. The van der Waals surface area contributed by atoms with Crippen molar-refractivity contribution < 1.29 is 36.4 Å². The summed E-state index contributed by atoms with van der Waals surface area (Å²) in [5.74, 6) is -0.352. The van der Waals surface area contributed by atoms with Gasteiger partial charge in [-0.3, -0.25) is 14.2 Å². The molecule has 1 aliphatic carbocycles. The molecule has 0 unspecified atom stereocenters. The molecule has 4 rings (SSSR count). The summed E-state index contributed by atoms with van der Waals surface area (Å²) in [6.07, 6.45) is 1.68. The van der Waals surface area contributed by atoms with Crippen molar-refractivity contribution in [3.05, 3.63) is 12.3 Å². The number of rotatable bonds is 4. The van der Waals surface area contributed by atoms with Crippen LogP contribution in [0.5, 0.6) is 0 Å². The predicted octanol–water partition coefficient (Wildman–Crippen LogP) is 1.02. The Labute approximate surface area is 186 Å². The summed E-state index contributed by atoms with van der Waals surface area (Å²) in [4.78, 5) is 40.3. The Morgan fingerprint density at radius 1 is 1.22 bits per heavy atom. The lowest BCUT2D eigenvalue weighted by molar-refractivity contribution is -0.131. The highest BCUT2D eigenvalue weighted by atomic mass is 32.3. The van der Waals surface area contributed by atoms with Crippen LogP contribution in [-0.4, -0.2) is 82.7 Å². The average molecular weight is 473 g/mol. The maximum atomic E-state index is 12.9. The molecule has 4 aliphatic rings. The molecular formula is C19H28N4O8S. The summed E-state index contributed by atoms with van der Waals surface area (Å²) in [6.45, 7) is 10.4. The molecule has 2 bridgehead atoms. The maximum absolute atomic E-state index is 12.9. The molecule has 2 atom stereocenters. The molecule has 0 aromatic heterocycles. The van der Waals surface area contributed by atoms with E-state index in [1.54, 1.807) is 4.90 Å². The lowest BCUT2D eigenvalue weighted by Crippen LogP contribution is -2.68. The van der Waals surface area contributed by atoms with E-state index in [9.17, 15) is 22.8 Å². The topological polar surface area (TPSA) is 146 Å². The Morgan fingerprint density at radius 3 is 2.41 bits per heavy atom. The highest BCUT2D eigenvalue weighted by Gasteiger charge is 2.56. The van der Waals surface area contributed by atoms with E-state index < -0.39 is 34.1 Å². The number of nitrogens with zero attached hydrogens (tertiary/aromatic N) is 3. The fourth-order valence-electron chi connectivity index (χ4n) is 5.02. The van der Waals surface area contributed by atoms with Crippen molar-refractivity contribution in [2.45, 2.75) is 70.2 Å². The summed E-state index contributed by atoms with van der Waals surface area (Å²) >= 11 is 0. The lowest BCUT2D eigenvalue weighted by Gasteiger charge is -2.58. The normalized spacial score (nSPS) is 27.3. The molecular weight excluding hydrogens is 444 g/mol. The number of hydrogen-bond donors (Lipinski definition) is 2. The first-order valence-electron chi connectivity index (χ1n) is 10.4. The fourth-order valence-corrected chi connectivity index (χ4v) is 5.39. The van der Waals surface area contributed by atoms with Crippen LogP contribution in [0, 0.1) is 5.41 Å².